The number of aromatic hydroxyl groups is 1. The molecular weight excluding hydrogens is 759 g/mol. The number of nitrogens with zero attached hydrogens (tertiary/aromatic N) is 4. The van der Waals surface area contributed by atoms with Crippen LogP contribution < -0.4 is 14.1 Å². The molecule has 0 aromatic heterocycles. The molecule has 0 aliphatic heterocycles. The summed E-state index contributed by atoms with van der Waals surface area (Å²) in [6.07, 6.45) is 0. The van der Waals surface area contributed by atoms with Crippen LogP contribution in [0.1, 0.15) is 11.1 Å². The Hall–Kier alpha value is -5.38. The predicted molar refractivity (Wildman–Crippen MR) is 193 cm³/mol. The molecule has 0 radical (unpaired) electrons. The lowest BCUT2D eigenvalue weighted by Crippen LogP contribution is -2.04. The Morgan fingerprint density at radius 2 is 1.38 bits per heavy atom. The molecule has 0 saturated heterocycles. The topological polar surface area (TPSA) is 257 Å². The monoisotopic (exact) mass is 785 g/mol. The van der Waals surface area contributed by atoms with E-state index in [9.17, 15) is 39.5 Å². The van der Waals surface area contributed by atoms with Crippen LogP contribution >= 0.6 is 0 Å². The van der Waals surface area contributed by atoms with Crippen LogP contribution in [0.3, 0.4) is 0 Å². The number of fused-ring (bicyclic) bond motifs is 1. The Bertz CT molecular complexity index is 2560. The molecule has 20 heteroatoms. The van der Waals surface area contributed by atoms with E-state index >= 15 is 0 Å². The number of phenols is 1. The summed E-state index contributed by atoms with van der Waals surface area (Å²) < 4.78 is 104. The van der Waals surface area contributed by atoms with Crippen molar-refractivity contribution in [3.63, 3.8) is 0 Å². The lowest BCUT2D eigenvalue weighted by atomic mass is 10.0. The van der Waals surface area contributed by atoms with Gasteiger partial charge in [-0.1, -0.05) is 24.3 Å². The van der Waals surface area contributed by atoms with E-state index in [0.29, 0.717) is 11.3 Å². The van der Waals surface area contributed by atoms with Crippen molar-refractivity contribution in [2.75, 3.05) is 5.73 Å². The summed E-state index contributed by atoms with van der Waals surface area (Å²) in [7, 11) is -9.92. The zero-order valence-corrected chi connectivity index (χ0v) is 30.2. The van der Waals surface area contributed by atoms with Gasteiger partial charge in [0.1, 0.15) is 38.4 Å². The Balaban J connectivity index is 1.62. The highest BCUT2D eigenvalue weighted by atomic mass is 32.2. The van der Waals surface area contributed by atoms with Crippen LogP contribution in [0, 0.1) is 13.8 Å². The molecule has 0 heterocycles. The molecule has 0 fully saturated rings. The highest BCUT2D eigenvalue weighted by Crippen LogP contribution is 2.47. The van der Waals surface area contributed by atoms with E-state index in [1.165, 1.54) is 42.5 Å². The van der Waals surface area contributed by atoms with Gasteiger partial charge < -0.3 is 19.2 Å². The minimum Gasteiger partial charge on any atom is -0.505 e. The van der Waals surface area contributed by atoms with E-state index in [-0.39, 0.29) is 38.5 Å². The summed E-state index contributed by atoms with van der Waals surface area (Å²) in [6.45, 7) is 6.79. The number of phenolic OH excluding ortho intramolecular Hbond substituents is 1. The van der Waals surface area contributed by atoms with Crippen LogP contribution in [-0.4, -0.2) is 39.5 Å². The van der Waals surface area contributed by atoms with Crippen LogP contribution in [0.25, 0.3) is 10.8 Å². The Morgan fingerprint density at radius 3 is 2.00 bits per heavy atom. The molecule has 0 amide bonds. The summed E-state index contributed by atoms with van der Waals surface area (Å²) in [4.78, 5) is -1.84. The first-order chi connectivity index (χ1) is 24.5. The van der Waals surface area contributed by atoms with Gasteiger partial charge in [-0.25, -0.2) is 8.42 Å². The smallest absolute Gasteiger partial charge is 0.296 e. The molecule has 0 spiro atoms. The van der Waals surface area contributed by atoms with E-state index in [0.717, 1.165) is 35.2 Å². The highest BCUT2D eigenvalue weighted by Gasteiger charge is 2.25. The first-order valence-electron chi connectivity index (χ1n) is 14.5. The minimum absolute atomic E-state index is 0.0522. The molecule has 16 nitrogen and oxygen atoms in total. The molecule has 5 aromatic carbocycles. The van der Waals surface area contributed by atoms with Gasteiger partial charge in [0.05, 0.1) is 21.7 Å². The number of aryl methyl sites for hydroxylation is 2. The van der Waals surface area contributed by atoms with Crippen LogP contribution in [0.2, 0.25) is 0 Å². The van der Waals surface area contributed by atoms with Gasteiger partial charge >= 0.3 is 0 Å². The van der Waals surface area contributed by atoms with Gasteiger partial charge in [0.25, 0.3) is 20.2 Å². The van der Waals surface area contributed by atoms with Crippen molar-refractivity contribution >= 4 is 81.6 Å². The van der Waals surface area contributed by atoms with Crippen LogP contribution in [0.15, 0.2) is 126 Å². The number of anilines is 1. The van der Waals surface area contributed by atoms with E-state index in [1.807, 2.05) is 6.92 Å². The number of nitrogens with two attached hydrogens (primary N) is 1. The third-order valence-electron chi connectivity index (χ3n) is 7.09. The fourth-order valence-corrected chi connectivity index (χ4v) is 6.97. The molecular formula is C32H27N5O11S4. The fourth-order valence-electron chi connectivity index (χ4n) is 4.62. The normalized spacial score (nSPS) is 13.4. The van der Waals surface area contributed by atoms with E-state index in [2.05, 4.69) is 27.0 Å². The van der Waals surface area contributed by atoms with Crippen LogP contribution in [0.4, 0.5) is 28.4 Å². The van der Waals surface area contributed by atoms with Crippen molar-refractivity contribution < 1.29 is 47.8 Å². The Labute approximate surface area is 302 Å². The summed E-state index contributed by atoms with van der Waals surface area (Å²) in [5.74, 6) is -0.414. The van der Waals surface area contributed by atoms with Gasteiger partial charge in [0.2, 0.25) is 22.2 Å². The molecule has 0 bridgehead atoms. The molecule has 0 aliphatic carbocycles. The largest absolute Gasteiger partial charge is 0.505 e. The maximum absolute atomic E-state index is 13.2. The molecule has 2 unspecified atom stereocenters. The lowest BCUT2D eigenvalue weighted by molar-refractivity contribution is 0.472. The molecule has 0 saturated carbocycles. The third kappa shape index (κ3) is 8.55. The predicted octanol–water partition coefficient (Wildman–Crippen LogP) is 7.36. The zero-order valence-electron chi connectivity index (χ0n) is 26.9. The molecule has 5 N–H and O–H groups in total. The molecule has 5 rings (SSSR count). The highest BCUT2D eigenvalue weighted by molar-refractivity contribution is 7.86. The van der Waals surface area contributed by atoms with Gasteiger partial charge in [0.15, 0.2) is 5.75 Å². The average Bonchev–Trinajstić information content (AvgIpc) is 3.08. The van der Waals surface area contributed by atoms with E-state index < -0.39 is 69.3 Å². The summed E-state index contributed by atoms with van der Waals surface area (Å²) in [5, 5.41) is 28.4. The number of azo groups is 2. The van der Waals surface area contributed by atoms with Crippen LogP contribution in [0.5, 0.6) is 17.2 Å². The van der Waals surface area contributed by atoms with Gasteiger partial charge in [0, 0.05) is 5.41 Å². The standard InChI is InChI=1S/C32H27N5O11S4/c1-4-49(39)47-22-11-7-21(8-12-22)34-36-30-19(3)15-20-16-27(52(44,45)46)31(32(38)28(20)29(30)33)37-35-25-17-24(51(41,42)43)13-14-26(25)50(40)48-23-9-5-18(2)6-10-23/h4-17,38H,1,33H2,2-3H3,(H,41,42,43)(H,44,45,46). The van der Waals surface area contributed by atoms with Crippen molar-refractivity contribution in [1.29, 1.82) is 0 Å². The maximum atomic E-state index is 13.2. The van der Waals surface area contributed by atoms with Gasteiger partial charge in [-0.05, 0) is 91.5 Å². The zero-order chi connectivity index (χ0) is 38.0. The van der Waals surface area contributed by atoms with Gasteiger partial charge in [-0.2, -0.15) is 21.9 Å². The number of hydrogen-bond acceptors (Lipinski definition) is 14. The summed E-state index contributed by atoms with van der Waals surface area (Å²) in [5.41, 5.74) is 6.65. The second kappa shape index (κ2) is 15.1. The Kier molecular flexibility index (Phi) is 11.0. The first-order valence-corrected chi connectivity index (χ1v) is 19.5. The minimum atomic E-state index is -5.10. The van der Waals surface area contributed by atoms with Crippen molar-refractivity contribution in [2.24, 2.45) is 20.5 Å². The number of nitrogen functional groups attached to an aromatic ring is 1. The average molecular weight is 786 g/mol. The van der Waals surface area contributed by atoms with Gasteiger partial charge in [-0.3, -0.25) is 9.11 Å². The summed E-state index contributed by atoms with van der Waals surface area (Å²) in [6, 6.07) is 17.6. The molecule has 52 heavy (non-hydrogen) atoms. The maximum Gasteiger partial charge on any atom is 0.296 e. The molecule has 0 aliphatic rings. The number of benzene rings is 5. The number of rotatable bonds is 12. The molecule has 270 valence electrons. The van der Waals surface area contributed by atoms with E-state index in [1.54, 1.807) is 19.1 Å². The fraction of sp³-hybridized carbons (Fsp3) is 0.0625. The van der Waals surface area contributed by atoms with Crippen molar-refractivity contribution in [1.82, 2.24) is 0 Å². The lowest BCUT2D eigenvalue weighted by Gasteiger charge is -2.14. The van der Waals surface area contributed by atoms with Gasteiger partial charge in [-0.15, -0.1) is 15.3 Å². The van der Waals surface area contributed by atoms with Crippen molar-refractivity contribution in [3.8, 4) is 17.2 Å². The number of hydrogen-bond donors (Lipinski definition) is 4. The van der Waals surface area contributed by atoms with Crippen molar-refractivity contribution in [3.05, 3.63) is 102 Å². The summed E-state index contributed by atoms with van der Waals surface area (Å²) >= 11 is -4.09. The quantitative estimate of drug-likeness (QED) is 0.0550. The molecule has 2 atom stereocenters. The van der Waals surface area contributed by atoms with Crippen LogP contribution in [-0.2, 0) is 42.4 Å². The van der Waals surface area contributed by atoms with E-state index in [4.69, 9.17) is 14.1 Å². The molecule has 5 aromatic rings. The SMILES string of the molecule is C=CS(=O)Oc1ccc(N=Nc2c(C)cc3cc(S(=O)(=O)O)c(N=Nc4cc(S(=O)(=O)O)ccc4S(=O)Oc4ccc(C)cc4)c(O)c3c2N)cc1. The second-order valence-electron chi connectivity index (χ2n) is 10.7. The Morgan fingerprint density at radius 1 is 0.769 bits per heavy atom. The first kappa shape index (κ1) is 37.9. The third-order valence-corrected chi connectivity index (χ3v) is 10.5. The second-order valence-corrected chi connectivity index (χ2v) is 15.6. The van der Waals surface area contributed by atoms with Crippen molar-refractivity contribution in [2.45, 2.75) is 28.5 Å².